The van der Waals surface area contributed by atoms with Crippen LogP contribution in [0.15, 0.2) is 53.4 Å². The molecule has 2 rings (SSSR count). The molecule has 1 amide bonds. The van der Waals surface area contributed by atoms with E-state index in [9.17, 15) is 13.2 Å². The lowest BCUT2D eigenvalue weighted by Crippen LogP contribution is -2.27. The maximum Gasteiger partial charge on any atom is 0.251 e. The number of carbonyl (C=O) groups excluding carboxylic acids is 1. The minimum atomic E-state index is -3.72. The topological polar surface area (TPSA) is 84.5 Å². The minimum absolute atomic E-state index is 0.0716. The van der Waals surface area contributed by atoms with Gasteiger partial charge in [0.1, 0.15) is 0 Å². The number of carbonyl (C=O) groups is 1. The quantitative estimate of drug-likeness (QED) is 0.596. The lowest BCUT2D eigenvalue weighted by Gasteiger charge is -2.12. The van der Waals surface area contributed by atoms with E-state index in [0.717, 1.165) is 11.1 Å². The summed E-state index contributed by atoms with van der Waals surface area (Å²) in [6, 6.07) is 13.8. The first-order valence-corrected chi connectivity index (χ1v) is 10.8. The van der Waals surface area contributed by atoms with Crippen LogP contribution >= 0.6 is 0 Å². The summed E-state index contributed by atoms with van der Waals surface area (Å²) >= 11 is 0. The van der Waals surface area contributed by atoms with Crippen LogP contribution in [0, 0.1) is 6.92 Å². The molecule has 0 aliphatic heterocycles. The second-order valence-corrected chi connectivity index (χ2v) is 8.58. The van der Waals surface area contributed by atoms with Crippen LogP contribution in [0.4, 0.5) is 0 Å². The molecule has 0 aliphatic carbocycles. The second kappa shape index (κ2) is 10.4. The lowest BCUT2D eigenvalue weighted by molar-refractivity contribution is 0.0757. The SMILES string of the molecule is Cc1ccc(S(=O)(=O)NCc2ccccc2)cc1C(=O)NCCCOC(C)C. The van der Waals surface area contributed by atoms with Gasteiger partial charge >= 0.3 is 0 Å². The van der Waals surface area contributed by atoms with Crippen molar-refractivity contribution in [2.75, 3.05) is 13.2 Å². The van der Waals surface area contributed by atoms with Gasteiger partial charge in [0.2, 0.25) is 10.0 Å². The zero-order chi connectivity index (χ0) is 20.6. The normalized spacial score (nSPS) is 11.6. The number of nitrogens with one attached hydrogen (secondary N) is 2. The Kier molecular flexibility index (Phi) is 8.17. The van der Waals surface area contributed by atoms with E-state index in [2.05, 4.69) is 10.0 Å². The lowest BCUT2D eigenvalue weighted by atomic mass is 10.1. The minimum Gasteiger partial charge on any atom is -0.379 e. The number of sulfonamides is 1. The molecule has 0 saturated carbocycles. The Hall–Kier alpha value is -2.22. The van der Waals surface area contributed by atoms with Gasteiger partial charge in [0, 0.05) is 25.3 Å². The summed E-state index contributed by atoms with van der Waals surface area (Å²) in [4.78, 5) is 12.5. The zero-order valence-corrected chi connectivity index (χ0v) is 17.4. The molecule has 0 atom stereocenters. The van der Waals surface area contributed by atoms with E-state index in [4.69, 9.17) is 4.74 Å². The molecule has 0 saturated heterocycles. The third kappa shape index (κ3) is 6.74. The van der Waals surface area contributed by atoms with E-state index >= 15 is 0 Å². The van der Waals surface area contributed by atoms with Crippen LogP contribution in [0.3, 0.4) is 0 Å². The number of ether oxygens (including phenoxy) is 1. The summed E-state index contributed by atoms with van der Waals surface area (Å²) in [5, 5.41) is 2.82. The van der Waals surface area contributed by atoms with Crippen LogP contribution in [0.2, 0.25) is 0 Å². The number of amides is 1. The predicted octanol–water partition coefficient (Wildman–Crippen LogP) is 3.02. The van der Waals surface area contributed by atoms with Crippen molar-refractivity contribution in [2.45, 2.75) is 44.7 Å². The molecule has 2 aromatic carbocycles. The van der Waals surface area contributed by atoms with E-state index in [1.54, 1.807) is 13.0 Å². The number of benzene rings is 2. The fourth-order valence-corrected chi connectivity index (χ4v) is 3.60. The van der Waals surface area contributed by atoms with Gasteiger partial charge in [-0.3, -0.25) is 4.79 Å². The van der Waals surface area contributed by atoms with Crippen LogP contribution < -0.4 is 10.0 Å². The van der Waals surface area contributed by atoms with Crippen molar-refractivity contribution in [3.8, 4) is 0 Å². The van der Waals surface area contributed by atoms with Gasteiger partial charge < -0.3 is 10.1 Å². The van der Waals surface area contributed by atoms with Gasteiger partial charge in [0.15, 0.2) is 0 Å². The fraction of sp³-hybridized carbons (Fsp3) is 0.381. The number of aryl methyl sites for hydroxylation is 1. The average Bonchev–Trinajstić information content (AvgIpc) is 2.67. The van der Waals surface area contributed by atoms with Crippen molar-refractivity contribution in [3.63, 3.8) is 0 Å². The van der Waals surface area contributed by atoms with Gasteiger partial charge in [-0.25, -0.2) is 13.1 Å². The Morgan fingerprint density at radius 3 is 2.50 bits per heavy atom. The summed E-state index contributed by atoms with van der Waals surface area (Å²) in [6.45, 7) is 6.92. The summed E-state index contributed by atoms with van der Waals surface area (Å²) < 4.78 is 33.2. The van der Waals surface area contributed by atoms with Crippen molar-refractivity contribution in [3.05, 3.63) is 65.2 Å². The van der Waals surface area contributed by atoms with E-state index < -0.39 is 10.0 Å². The van der Waals surface area contributed by atoms with Crippen LogP contribution in [0.25, 0.3) is 0 Å². The van der Waals surface area contributed by atoms with Crippen LogP contribution in [-0.4, -0.2) is 33.6 Å². The van der Waals surface area contributed by atoms with E-state index in [0.29, 0.717) is 25.1 Å². The monoisotopic (exact) mass is 404 g/mol. The molecule has 0 aromatic heterocycles. The van der Waals surface area contributed by atoms with Crippen molar-refractivity contribution in [2.24, 2.45) is 0 Å². The first kappa shape index (κ1) is 22.1. The average molecular weight is 405 g/mol. The summed E-state index contributed by atoms with van der Waals surface area (Å²) in [5.41, 5.74) is 1.94. The molecule has 2 N–H and O–H groups in total. The fourth-order valence-electron chi connectivity index (χ4n) is 2.56. The van der Waals surface area contributed by atoms with Crippen molar-refractivity contribution in [1.82, 2.24) is 10.0 Å². The van der Waals surface area contributed by atoms with Gasteiger partial charge in [-0.2, -0.15) is 0 Å². The molecule has 28 heavy (non-hydrogen) atoms. The molecule has 0 radical (unpaired) electrons. The maximum absolute atomic E-state index is 12.6. The standard InChI is InChI=1S/C21H28N2O4S/c1-16(2)27-13-7-12-22-21(24)20-14-19(11-10-17(20)3)28(25,26)23-15-18-8-5-4-6-9-18/h4-6,8-11,14,16,23H,7,12-13,15H2,1-3H3,(H,22,24). The predicted molar refractivity (Wildman–Crippen MR) is 110 cm³/mol. The zero-order valence-electron chi connectivity index (χ0n) is 16.6. The smallest absolute Gasteiger partial charge is 0.251 e. The summed E-state index contributed by atoms with van der Waals surface area (Å²) in [7, 11) is -3.72. The molecule has 0 fully saturated rings. The first-order valence-electron chi connectivity index (χ1n) is 9.33. The van der Waals surface area contributed by atoms with Gasteiger partial charge in [0.25, 0.3) is 5.91 Å². The number of hydrogen-bond donors (Lipinski definition) is 2. The molecule has 0 aliphatic rings. The molecule has 0 spiro atoms. The largest absolute Gasteiger partial charge is 0.379 e. The molecule has 0 unspecified atom stereocenters. The van der Waals surface area contributed by atoms with E-state index in [1.165, 1.54) is 12.1 Å². The second-order valence-electron chi connectivity index (χ2n) is 6.82. The highest BCUT2D eigenvalue weighted by Crippen LogP contribution is 2.16. The molecule has 0 heterocycles. The Morgan fingerprint density at radius 2 is 1.82 bits per heavy atom. The van der Waals surface area contributed by atoms with Crippen molar-refractivity contribution in [1.29, 1.82) is 0 Å². The number of hydrogen-bond acceptors (Lipinski definition) is 4. The van der Waals surface area contributed by atoms with Gasteiger partial charge in [0.05, 0.1) is 11.0 Å². The Labute approximate surface area is 167 Å². The first-order chi connectivity index (χ1) is 13.3. The van der Waals surface area contributed by atoms with Crippen molar-refractivity contribution < 1.29 is 17.9 Å². The number of rotatable bonds is 10. The molecule has 0 bridgehead atoms. The highest BCUT2D eigenvalue weighted by atomic mass is 32.2. The van der Waals surface area contributed by atoms with Crippen molar-refractivity contribution >= 4 is 15.9 Å². The highest BCUT2D eigenvalue weighted by molar-refractivity contribution is 7.89. The Balaban J connectivity index is 2.01. The summed E-state index contributed by atoms with van der Waals surface area (Å²) in [5.74, 6) is -0.290. The molecular weight excluding hydrogens is 376 g/mol. The van der Waals surface area contributed by atoms with Crippen LogP contribution in [-0.2, 0) is 21.3 Å². The molecular formula is C21H28N2O4S. The molecule has 7 heteroatoms. The molecule has 152 valence electrons. The third-order valence-electron chi connectivity index (χ3n) is 4.13. The van der Waals surface area contributed by atoms with Gasteiger partial charge in [-0.1, -0.05) is 36.4 Å². The molecule has 2 aromatic rings. The van der Waals surface area contributed by atoms with E-state index in [-0.39, 0.29) is 23.5 Å². The van der Waals surface area contributed by atoms with Gasteiger partial charge in [-0.15, -0.1) is 0 Å². The Bertz CT molecular complexity index is 881. The van der Waals surface area contributed by atoms with Crippen LogP contribution in [0.5, 0.6) is 0 Å². The van der Waals surface area contributed by atoms with E-state index in [1.807, 2.05) is 44.2 Å². The third-order valence-corrected chi connectivity index (χ3v) is 5.53. The van der Waals surface area contributed by atoms with Gasteiger partial charge in [-0.05, 0) is 50.5 Å². The summed E-state index contributed by atoms with van der Waals surface area (Å²) in [6.07, 6.45) is 0.850. The molecule has 6 nitrogen and oxygen atoms in total. The maximum atomic E-state index is 12.6. The van der Waals surface area contributed by atoms with Crippen LogP contribution in [0.1, 0.15) is 41.8 Å². The Morgan fingerprint density at radius 1 is 1.11 bits per heavy atom. The highest BCUT2D eigenvalue weighted by Gasteiger charge is 2.18.